The van der Waals surface area contributed by atoms with E-state index < -0.39 is 18.1 Å². The first-order chi connectivity index (χ1) is 19.0. The van der Waals surface area contributed by atoms with Gasteiger partial charge in [-0.25, -0.2) is 0 Å². The molecule has 1 heterocycles. The highest BCUT2D eigenvalue weighted by atomic mass is 32.2. The van der Waals surface area contributed by atoms with Crippen LogP contribution in [0.3, 0.4) is 0 Å². The number of nitrogens with zero attached hydrogens (tertiary/aromatic N) is 1. The van der Waals surface area contributed by atoms with Gasteiger partial charge in [-0.05, 0) is 53.7 Å². The van der Waals surface area contributed by atoms with E-state index in [0.29, 0.717) is 18.0 Å². The first kappa shape index (κ1) is 30.9. The van der Waals surface area contributed by atoms with Gasteiger partial charge in [0, 0.05) is 17.2 Å². The zero-order valence-corrected chi connectivity index (χ0v) is 24.5. The average molecular weight is 562 g/mol. The normalized spacial score (nSPS) is 14.2. The molecule has 1 amide bonds. The van der Waals surface area contributed by atoms with Crippen molar-refractivity contribution in [3.63, 3.8) is 0 Å². The number of carboxylic acids is 1. The number of aryl methyl sites for hydroxylation is 1. The molecular weight excluding hydrogens is 522 g/mol. The Morgan fingerprint density at radius 1 is 1.07 bits per heavy atom. The van der Waals surface area contributed by atoms with Gasteiger partial charge in [-0.15, -0.1) is 11.8 Å². The highest BCUT2D eigenvalue weighted by Gasteiger charge is 2.27. The monoisotopic (exact) mass is 561 g/mol. The first-order valence-electron chi connectivity index (χ1n) is 13.5. The number of hydrogen-bond donors (Lipinski definition) is 3. The SMILES string of the molecule is C=C(N[C@@H](CC(=O)O)C(=O)CSCc1ccccc1)[C@@H](NC(=O)Cc1cc(C2=CC(C)=NC2)ccc1C)C(C)C. The minimum Gasteiger partial charge on any atom is -0.481 e. The third-order valence-electron chi connectivity index (χ3n) is 6.79. The number of allylic oxidation sites excluding steroid dienone is 1. The molecule has 212 valence electrons. The Morgan fingerprint density at radius 2 is 1.80 bits per heavy atom. The van der Waals surface area contributed by atoms with Crippen LogP contribution in [0.5, 0.6) is 0 Å². The van der Waals surface area contributed by atoms with Gasteiger partial charge in [0.25, 0.3) is 0 Å². The molecule has 40 heavy (non-hydrogen) atoms. The van der Waals surface area contributed by atoms with E-state index in [4.69, 9.17) is 0 Å². The maximum Gasteiger partial charge on any atom is 0.305 e. The number of aliphatic imine (C=N–C) groups is 1. The van der Waals surface area contributed by atoms with Gasteiger partial charge >= 0.3 is 5.97 Å². The topological polar surface area (TPSA) is 108 Å². The summed E-state index contributed by atoms with van der Waals surface area (Å²) in [7, 11) is 0. The minimum absolute atomic E-state index is 0.0341. The molecule has 7 nitrogen and oxygen atoms in total. The van der Waals surface area contributed by atoms with Gasteiger partial charge in [-0.3, -0.25) is 19.4 Å². The predicted octanol–water partition coefficient (Wildman–Crippen LogP) is 4.99. The van der Waals surface area contributed by atoms with Crippen molar-refractivity contribution in [2.75, 3.05) is 12.3 Å². The maximum atomic E-state index is 13.2. The Morgan fingerprint density at radius 3 is 2.42 bits per heavy atom. The Labute approximate surface area is 241 Å². The van der Waals surface area contributed by atoms with Crippen LogP contribution in [0, 0.1) is 12.8 Å². The number of Topliss-reactive ketones (excluding diaryl/α,β-unsaturated/α-hetero) is 1. The van der Waals surface area contributed by atoms with Crippen LogP contribution < -0.4 is 10.6 Å². The van der Waals surface area contributed by atoms with Crippen LogP contribution in [0.4, 0.5) is 0 Å². The second-order valence-corrected chi connectivity index (χ2v) is 11.5. The number of hydrogen-bond acceptors (Lipinski definition) is 6. The summed E-state index contributed by atoms with van der Waals surface area (Å²) < 4.78 is 0. The molecule has 0 saturated carbocycles. The van der Waals surface area contributed by atoms with Crippen LogP contribution in [-0.4, -0.2) is 52.9 Å². The Kier molecular flexibility index (Phi) is 11.3. The fourth-order valence-electron chi connectivity index (χ4n) is 4.52. The molecule has 0 spiro atoms. The molecule has 0 radical (unpaired) electrons. The number of carbonyl (C=O) groups is 3. The van der Waals surface area contributed by atoms with E-state index in [1.54, 1.807) is 0 Å². The molecule has 3 rings (SSSR count). The van der Waals surface area contributed by atoms with Crippen LogP contribution in [-0.2, 0) is 26.6 Å². The Hall–Kier alpha value is -3.65. The summed E-state index contributed by atoms with van der Waals surface area (Å²) >= 11 is 1.44. The van der Waals surface area contributed by atoms with Gasteiger partial charge < -0.3 is 15.7 Å². The summed E-state index contributed by atoms with van der Waals surface area (Å²) in [6.45, 7) is 12.6. The predicted molar refractivity (Wildman–Crippen MR) is 164 cm³/mol. The molecule has 8 heteroatoms. The molecular formula is C32H39N3O4S. The summed E-state index contributed by atoms with van der Waals surface area (Å²) in [6.07, 6.45) is 1.89. The second-order valence-electron chi connectivity index (χ2n) is 10.5. The van der Waals surface area contributed by atoms with Crippen molar-refractivity contribution >= 4 is 40.7 Å². The molecule has 0 unspecified atom stereocenters. The molecule has 1 aliphatic rings. The molecule has 3 N–H and O–H groups in total. The van der Waals surface area contributed by atoms with Gasteiger partial charge in [-0.1, -0.05) is 69.0 Å². The van der Waals surface area contributed by atoms with E-state index >= 15 is 0 Å². The number of rotatable bonds is 15. The summed E-state index contributed by atoms with van der Waals surface area (Å²) in [5, 5.41) is 15.5. The van der Waals surface area contributed by atoms with Crippen molar-refractivity contribution in [1.82, 2.24) is 10.6 Å². The molecule has 2 aromatic rings. The number of carboxylic acid groups (broad SMARTS) is 1. The van der Waals surface area contributed by atoms with E-state index in [9.17, 15) is 19.5 Å². The second kappa shape index (κ2) is 14.7. The standard InChI is InChI=1S/C32H39N3O4S/c1-20(2)32(35-30(37)15-26-14-25(12-11-21(26)3)27-13-22(4)33-17-27)23(5)34-28(16-31(38)39)29(36)19-40-18-24-9-7-6-8-10-24/h6-14,20,28,32,34H,5,15-19H2,1-4H3,(H,35,37)(H,38,39)/t28-,32-/m0/s1. The van der Waals surface area contributed by atoms with Gasteiger partial charge in [0.05, 0.1) is 37.2 Å². The quantitative estimate of drug-likeness (QED) is 0.283. The average Bonchev–Trinajstić information content (AvgIpc) is 3.34. The van der Waals surface area contributed by atoms with Crippen LogP contribution in [0.1, 0.15) is 49.4 Å². The molecule has 0 bridgehead atoms. The van der Waals surface area contributed by atoms with E-state index in [-0.39, 0.29) is 36.2 Å². The smallest absolute Gasteiger partial charge is 0.305 e. The minimum atomic E-state index is -1.08. The number of benzene rings is 2. The Bertz CT molecular complexity index is 1300. The lowest BCUT2D eigenvalue weighted by atomic mass is 9.96. The summed E-state index contributed by atoms with van der Waals surface area (Å²) in [6, 6.07) is 14.5. The van der Waals surface area contributed by atoms with Crippen molar-refractivity contribution in [3.8, 4) is 0 Å². The number of amides is 1. The van der Waals surface area contributed by atoms with Gasteiger partial charge in [0.1, 0.15) is 0 Å². The Balaban J connectivity index is 1.63. The van der Waals surface area contributed by atoms with Crippen molar-refractivity contribution < 1.29 is 19.5 Å². The molecule has 1 aliphatic heterocycles. The molecule has 0 aromatic heterocycles. The number of thioether (sulfide) groups is 1. The summed E-state index contributed by atoms with van der Waals surface area (Å²) in [4.78, 5) is 42.1. The van der Waals surface area contributed by atoms with Gasteiger partial charge in [0.2, 0.25) is 5.91 Å². The number of aliphatic carboxylic acids is 1. The largest absolute Gasteiger partial charge is 0.481 e. The van der Waals surface area contributed by atoms with Crippen molar-refractivity contribution in [2.45, 2.75) is 58.4 Å². The van der Waals surface area contributed by atoms with Gasteiger partial charge in [0.15, 0.2) is 5.78 Å². The fraction of sp³-hybridized carbons (Fsp3) is 0.375. The molecule has 2 aromatic carbocycles. The fourth-order valence-corrected chi connectivity index (χ4v) is 5.45. The zero-order chi connectivity index (χ0) is 29.2. The van der Waals surface area contributed by atoms with Crippen molar-refractivity contribution in [1.29, 1.82) is 0 Å². The van der Waals surface area contributed by atoms with Crippen molar-refractivity contribution in [3.05, 3.63) is 89.1 Å². The van der Waals surface area contributed by atoms with Gasteiger partial charge in [-0.2, -0.15) is 0 Å². The molecule has 0 aliphatic carbocycles. The maximum absolute atomic E-state index is 13.2. The van der Waals surface area contributed by atoms with E-state index in [1.807, 2.05) is 70.2 Å². The number of carbonyl (C=O) groups excluding carboxylic acids is 2. The van der Waals surface area contributed by atoms with Crippen LogP contribution in [0.2, 0.25) is 0 Å². The lowest BCUT2D eigenvalue weighted by molar-refractivity contribution is -0.139. The third kappa shape index (κ3) is 9.23. The van der Waals surface area contributed by atoms with E-state index in [1.165, 1.54) is 11.8 Å². The third-order valence-corrected chi connectivity index (χ3v) is 7.82. The molecule has 0 fully saturated rings. The molecule has 0 saturated heterocycles. The van der Waals surface area contributed by atoms with Crippen LogP contribution in [0.25, 0.3) is 5.57 Å². The number of ketones is 1. The van der Waals surface area contributed by atoms with Crippen molar-refractivity contribution in [2.24, 2.45) is 10.9 Å². The first-order valence-corrected chi connectivity index (χ1v) is 14.6. The van der Waals surface area contributed by atoms with E-state index in [2.05, 4.69) is 34.3 Å². The van der Waals surface area contributed by atoms with E-state index in [0.717, 1.165) is 33.5 Å². The highest BCUT2D eigenvalue weighted by Crippen LogP contribution is 2.23. The van der Waals surface area contributed by atoms with Crippen LogP contribution >= 0.6 is 11.8 Å². The number of nitrogens with one attached hydrogen (secondary N) is 2. The molecule has 2 atom stereocenters. The lowest BCUT2D eigenvalue weighted by Crippen LogP contribution is -2.48. The summed E-state index contributed by atoms with van der Waals surface area (Å²) in [5.74, 6) is -0.677. The zero-order valence-electron chi connectivity index (χ0n) is 23.7. The lowest BCUT2D eigenvalue weighted by Gasteiger charge is -2.28. The summed E-state index contributed by atoms with van der Waals surface area (Å²) in [5.41, 5.74) is 6.65. The van der Waals surface area contributed by atoms with Crippen LogP contribution in [0.15, 0.2) is 71.9 Å². The highest BCUT2D eigenvalue weighted by molar-refractivity contribution is 7.99.